The van der Waals surface area contributed by atoms with E-state index >= 15 is 0 Å². The Morgan fingerprint density at radius 3 is 2.76 bits per heavy atom. The summed E-state index contributed by atoms with van der Waals surface area (Å²) in [5.41, 5.74) is 1.42. The van der Waals surface area contributed by atoms with Crippen LogP contribution in [0.4, 0.5) is 5.69 Å². The van der Waals surface area contributed by atoms with Gasteiger partial charge in [0.2, 0.25) is 10.0 Å². The Morgan fingerprint density at radius 1 is 1.43 bits per heavy atom. The molecule has 0 bridgehead atoms. The van der Waals surface area contributed by atoms with Crippen molar-refractivity contribution in [1.29, 1.82) is 0 Å². The number of nitrogens with zero attached hydrogens (tertiary/aromatic N) is 1. The van der Waals surface area contributed by atoms with E-state index in [0.717, 1.165) is 5.56 Å². The molecule has 0 unspecified atom stereocenters. The summed E-state index contributed by atoms with van der Waals surface area (Å²) in [7, 11) is -3.50. The lowest BCUT2D eigenvalue weighted by Crippen LogP contribution is -2.33. The molecule has 116 valence electrons. The summed E-state index contributed by atoms with van der Waals surface area (Å²) < 4.78 is 31.3. The molecule has 1 aromatic carbocycles. The molecule has 1 aromatic rings. The van der Waals surface area contributed by atoms with Crippen molar-refractivity contribution in [3.63, 3.8) is 0 Å². The van der Waals surface area contributed by atoms with Crippen LogP contribution in [0.1, 0.15) is 29.8 Å². The van der Waals surface area contributed by atoms with Gasteiger partial charge in [-0.05, 0) is 38.0 Å². The number of benzene rings is 1. The molecule has 1 aliphatic rings. The van der Waals surface area contributed by atoms with Crippen molar-refractivity contribution < 1.29 is 23.1 Å². The van der Waals surface area contributed by atoms with Crippen molar-refractivity contribution in [3.05, 3.63) is 29.3 Å². The molecule has 0 fully saturated rings. The molecule has 0 spiro atoms. The summed E-state index contributed by atoms with van der Waals surface area (Å²) in [6.07, 6.45) is 0.573. The van der Waals surface area contributed by atoms with Gasteiger partial charge in [-0.25, -0.2) is 13.2 Å². The Labute approximate surface area is 124 Å². The molecule has 0 radical (unpaired) electrons. The first-order valence-corrected chi connectivity index (χ1v) is 8.40. The van der Waals surface area contributed by atoms with E-state index < -0.39 is 16.0 Å². The third kappa shape index (κ3) is 3.54. The highest BCUT2D eigenvalue weighted by molar-refractivity contribution is 7.92. The monoisotopic (exact) mass is 313 g/mol. The first-order chi connectivity index (χ1) is 9.81. The summed E-state index contributed by atoms with van der Waals surface area (Å²) in [6.45, 7) is 4.17. The number of fused-ring (bicyclic) bond motifs is 1. The van der Waals surface area contributed by atoms with Crippen LogP contribution in [0.5, 0.6) is 0 Å². The van der Waals surface area contributed by atoms with Crippen LogP contribution in [-0.4, -0.2) is 44.5 Å². The number of aromatic carboxylic acids is 1. The SMILES string of the molecule is CC(C)OCCS(=O)(=O)N1CCc2ccc(C(=O)O)cc21. The number of rotatable bonds is 6. The van der Waals surface area contributed by atoms with Crippen LogP contribution >= 0.6 is 0 Å². The second-order valence-electron chi connectivity index (χ2n) is 5.21. The van der Waals surface area contributed by atoms with Gasteiger partial charge in [0.05, 0.1) is 29.7 Å². The minimum atomic E-state index is -3.50. The van der Waals surface area contributed by atoms with Gasteiger partial charge >= 0.3 is 5.97 Å². The molecule has 1 N–H and O–H groups in total. The Hall–Kier alpha value is -1.60. The van der Waals surface area contributed by atoms with E-state index in [-0.39, 0.29) is 24.0 Å². The lowest BCUT2D eigenvalue weighted by molar-refractivity contribution is 0.0696. The molecule has 1 aliphatic heterocycles. The van der Waals surface area contributed by atoms with E-state index in [4.69, 9.17) is 9.84 Å². The van der Waals surface area contributed by atoms with Gasteiger partial charge in [0.15, 0.2) is 0 Å². The van der Waals surface area contributed by atoms with Gasteiger partial charge in [-0.3, -0.25) is 4.31 Å². The highest BCUT2D eigenvalue weighted by Crippen LogP contribution is 2.31. The van der Waals surface area contributed by atoms with E-state index in [1.165, 1.54) is 16.4 Å². The summed E-state index contributed by atoms with van der Waals surface area (Å²) in [5, 5.41) is 9.02. The lowest BCUT2D eigenvalue weighted by Gasteiger charge is -2.20. The Bertz CT molecular complexity index is 639. The third-order valence-corrected chi connectivity index (χ3v) is 5.05. The maximum Gasteiger partial charge on any atom is 0.335 e. The fourth-order valence-corrected chi connectivity index (χ4v) is 3.64. The number of sulfonamides is 1. The number of carbonyl (C=O) groups is 1. The molecule has 6 nitrogen and oxygen atoms in total. The highest BCUT2D eigenvalue weighted by atomic mass is 32.2. The van der Waals surface area contributed by atoms with Crippen molar-refractivity contribution in [2.75, 3.05) is 23.2 Å². The standard InChI is InChI=1S/C14H19NO5S/c1-10(2)20-7-8-21(18,19)15-6-5-11-3-4-12(14(16)17)9-13(11)15/h3-4,9-10H,5-8H2,1-2H3,(H,16,17). The van der Waals surface area contributed by atoms with E-state index in [1.54, 1.807) is 6.07 Å². The Balaban J connectivity index is 2.20. The van der Waals surface area contributed by atoms with Gasteiger partial charge in [-0.15, -0.1) is 0 Å². The predicted octanol–water partition coefficient (Wildman–Crippen LogP) is 1.50. The molecule has 0 aromatic heterocycles. The highest BCUT2D eigenvalue weighted by Gasteiger charge is 2.29. The van der Waals surface area contributed by atoms with Crippen LogP contribution in [0.25, 0.3) is 0 Å². The average Bonchev–Trinajstić information content (AvgIpc) is 2.81. The summed E-state index contributed by atoms with van der Waals surface area (Å²) in [6, 6.07) is 4.60. The van der Waals surface area contributed by atoms with Gasteiger partial charge in [-0.1, -0.05) is 6.07 Å². The van der Waals surface area contributed by atoms with Crippen LogP contribution in [0, 0.1) is 0 Å². The normalized spacial score (nSPS) is 14.5. The van der Waals surface area contributed by atoms with Crippen LogP contribution < -0.4 is 4.31 Å². The fraction of sp³-hybridized carbons (Fsp3) is 0.500. The molecule has 7 heteroatoms. The molecule has 21 heavy (non-hydrogen) atoms. The van der Waals surface area contributed by atoms with Crippen LogP contribution in [0.15, 0.2) is 18.2 Å². The second-order valence-corrected chi connectivity index (χ2v) is 7.22. The van der Waals surface area contributed by atoms with Gasteiger partial charge in [0.25, 0.3) is 0 Å². The van der Waals surface area contributed by atoms with Crippen LogP contribution in [0.3, 0.4) is 0 Å². The average molecular weight is 313 g/mol. The van der Waals surface area contributed by atoms with Crippen LogP contribution in [0.2, 0.25) is 0 Å². The number of carboxylic acid groups (broad SMARTS) is 1. The van der Waals surface area contributed by atoms with Crippen molar-refractivity contribution in [3.8, 4) is 0 Å². The molecule has 0 saturated heterocycles. The number of carboxylic acids is 1. The quantitative estimate of drug-likeness (QED) is 0.860. The molecule has 0 saturated carbocycles. The van der Waals surface area contributed by atoms with E-state index in [9.17, 15) is 13.2 Å². The molecular formula is C14H19NO5S. The van der Waals surface area contributed by atoms with Crippen molar-refractivity contribution in [2.45, 2.75) is 26.4 Å². The van der Waals surface area contributed by atoms with Crippen molar-refractivity contribution in [2.24, 2.45) is 0 Å². The maximum absolute atomic E-state index is 12.4. The minimum absolute atomic E-state index is 0.0234. The number of ether oxygens (including phenoxy) is 1. The fourth-order valence-electron chi connectivity index (χ4n) is 2.27. The molecule has 1 heterocycles. The number of hydrogen-bond acceptors (Lipinski definition) is 4. The van der Waals surface area contributed by atoms with Gasteiger partial charge < -0.3 is 9.84 Å². The Morgan fingerprint density at radius 2 is 2.14 bits per heavy atom. The van der Waals surface area contributed by atoms with Crippen molar-refractivity contribution in [1.82, 2.24) is 0 Å². The van der Waals surface area contributed by atoms with E-state index in [2.05, 4.69) is 0 Å². The topological polar surface area (TPSA) is 83.9 Å². The largest absolute Gasteiger partial charge is 0.478 e. The summed E-state index contributed by atoms with van der Waals surface area (Å²) in [5.74, 6) is -1.17. The number of anilines is 1. The zero-order valence-corrected chi connectivity index (χ0v) is 12.9. The lowest BCUT2D eigenvalue weighted by atomic mass is 10.1. The van der Waals surface area contributed by atoms with E-state index in [1.807, 2.05) is 13.8 Å². The smallest absolute Gasteiger partial charge is 0.335 e. The molecule has 0 amide bonds. The zero-order valence-electron chi connectivity index (χ0n) is 12.1. The summed E-state index contributed by atoms with van der Waals surface area (Å²) >= 11 is 0. The second kappa shape index (κ2) is 6.03. The van der Waals surface area contributed by atoms with Gasteiger partial charge in [0, 0.05) is 6.54 Å². The maximum atomic E-state index is 12.4. The predicted molar refractivity (Wildman–Crippen MR) is 79.3 cm³/mol. The molecule has 2 rings (SSSR count). The van der Waals surface area contributed by atoms with E-state index in [0.29, 0.717) is 18.7 Å². The van der Waals surface area contributed by atoms with Gasteiger partial charge in [-0.2, -0.15) is 0 Å². The van der Waals surface area contributed by atoms with Crippen molar-refractivity contribution >= 4 is 21.7 Å². The Kier molecular flexibility index (Phi) is 4.53. The molecular weight excluding hydrogens is 294 g/mol. The summed E-state index contributed by atoms with van der Waals surface area (Å²) in [4.78, 5) is 11.0. The first-order valence-electron chi connectivity index (χ1n) is 6.79. The van der Waals surface area contributed by atoms with Crippen LogP contribution in [-0.2, 0) is 21.2 Å². The molecule has 0 atom stereocenters. The minimum Gasteiger partial charge on any atom is -0.478 e. The van der Waals surface area contributed by atoms with Gasteiger partial charge in [0.1, 0.15) is 0 Å². The zero-order chi connectivity index (χ0) is 15.6. The third-order valence-electron chi connectivity index (χ3n) is 3.31. The first kappa shape index (κ1) is 15.8. The molecule has 0 aliphatic carbocycles. The number of hydrogen-bond donors (Lipinski definition) is 1.